The van der Waals surface area contributed by atoms with Crippen LogP contribution in [0.4, 0.5) is 0 Å². The van der Waals surface area contributed by atoms with Gasteiger partial charge < -0.3 is 9.80 Å². The molecule has 2 heterocycles. The zero-order valence-corrected chi connectivity index (χ0v) is 14.9. The van der Waals surface area contributed by atoms with Gasteiger partial charge in [0.15, 0.2) is 0 Å². The minimum Gasteiger partial charge on any atom is -0.343 e. The Morgan fingerprint density at radius 2 is 2.04 bits per heavy atom. The van der Waals surface area contributed by atoms with Gasteiger partial charge in [0.1, 0.15) is 5.69 Å². The van der Waals surface area contributed by atoms with E-state index in [1.54, 1.807) is 11.1 Å². The van der Waals surface area contributed by atoms with Gasteiger partial charge in [-0.05, 0) is 32.1 Å². The molecule has 1 saturated heterocycles. The highest BCUT2D eigenvalue weighted by atomic mass is 16.2. The molecule has 1 aliphatic heterocycles. The maximum atomic E-state index is 12.7. The lowest BCUT2D eigenvalue weighted by Crippen LogP contribution is -2.43. The Hall–Kier alpha value is -1.98. The van der Waals surface area contributed by atoms with Gasteiger partial charge in [0.2, 0.25) is 5.91 Å². The number of aromatic nitrogens is 2. The highest BCUT2D eigenvalue weighted by Gasteiger charge is 2.25. The highest BCUT2D eigenvalue weighted by Crippen LogP contribution is 2.17. The SMILES string of the molecule is CC[C@H](C)N(CCC(=O)N1CCC(C)CC1)C(=O)c1cnccn1. The van der Waals surface area contributed by atoms with E-state index in [4.69, 9.17) is 0 Å². The Labute approximate surface area is 144 Å². The molecule has 24 heavy (non-hydrogen) atoms. The van der Waals surface area contributed by atoms with E-state index >= 15 is 0 Å². The summed E-state index contributed by atoms with van der Waals surface area (Å²) in [6.45, 7) is 8.36. The summed E-state index contributed by atoms with van der Waals surface area (Å²) in [6, 6.07) is 0.0636. The van der Waals surface area contributed by atoms with Gasteiger partial charge in [-0.15, -0.1) is 0 Å². The number of hydrogen-bond acceptors (Lipinski definition) is 4. The second kappa shape index (κ2) is 8.76. The zero-order valence-electron chi connectivity index (χ0n) is 14.9. The van der Waals surface area contributed by atoms with E-state index in [-0.39, 0.29) is 17.9 Å². The molecule has 0 N–H and O–H groups in total. The molecule has 1 fully saturated rings. The van der Waals surface area contributed by atoms with Crippen molar-refractivity contribution >= 4 is 11.8 Å². The lowest BCUT2D eigenvalue weighted by molar-refractivity contribution is -0.132. The van der Waals surface area contributed by atoms with Crippen LogP contribution in [0.25, 0.3) is 0 Å². The fourth-order valence-corrected chi connectivity index (χ4v) is 2.93. The molecule has 6 heteroatoms. The van der Waals surface area contributed by atoms with Gasteiger partial charge in [-0.25, -0.2) is 4.98 Å². The summed E-state index contributed by atoms with van der Waals surface area (Å²) >= 11 is 0. The number of amides is 2. The molecule has 0 radical (unpaired) electrons. The highest BCUT2D eigenvalue weighted by molar-refractivity contribution is 5.92. The second-order valence-electron chi connectivity index (χ2n) is 6.66. The van der Waals surface area contributed by atoms with Crippen molar-refractivity contribution in [3.8, 4) is 0 Å². The maximum Gasteiger partial charge on any atom is 0.274 e. The standard InChI is InChI=1S/C18H28N4O2/c1-4-15(3)22(18(24)16-13-19-8-9-20-16)12-7-17(23)21-10-5-14(2)6-11-21/h8-9,13-15H,4-7,10-12H2,1-3H3/t15-/m0/s1. The zero-order chi connectivity index (χ0) is 17.5. The van der Waals surface area contributed by atoms with Gasteiger partial charge in [-0.2, -0.15) is 0 Å². The third-order valence-corrected chi connectivity index (χ3v) is 4.87. The van der Waals surface area contributed by atoms with Crippen LogP contribution in [0.3, 0.4) is 0 Å². The first-order chi connectivity index (χ1) is 11.5. The first-order valence-electron chi connectivity index (χ1n) is 8.87. The lowest BCUT2D eigenvalue weighted by Gasteiger charge is -2.32. The molecule has 1 aliphatic rings. The molecule has 6 nitrogen and oxygen atoms in total. The van der Waals surface area contributed by atoms with Crippen LogP contribution in [0.5, 0.6) is 0 Å². The molecule has 0 bridgehead atoms. The largest absolute Gasteiger partial charge is 0.343 e. The molecule has 1 atom stereocenters. The molecule has 2 amide bonds. The molecule has 0 spiro atoms. The Morgan fingerprint density at radius 3 is 2.62 bits per heavy atom. The summed E-state index contributed by atoms with van der Waals surface area (Å²) in [6.07, 6.45) is 7.88. The summed E-state index contributed by atoms with van der Waals surface area (Å²) in [4.78, 5) is 36.8. The topological polar surface area (TPSA) is 66.4 Å². The number of piperidine rings is 1. The number of hydrogen-bond donors (Lipinski definition) is 0. The van der Waals surface area contributed by atoms with Gasteiger partial charge in [0, 0.05) is 44.5 Å². The van der Waals surface area contributed by atoms with Crippen LogP contribution in [-0.4, -0.2) is 57.3 Å². The van der Waals surface area contributed by atoms with E-state index in [9.17, 15) is 9.59 Å². The number of carbonyl (C=O) groups excluding carboxylic acids is 2. The van der Waals surface area contributed by atoms with Gasteiger partial charge in [0.25, 0.3) is 5.91 Å². The van der Waals surface area contributed by atoms with Gasteiger partial charge in [0.05, 0.1) is 6.20 Å². The van der Waals surface area contributed by atoms with Crippen LogP contribution >= 0.6 is 0 Å². The van der Waals surface area contributed by atoms with Crippen molar-refractivity contribution in [1.29, 1.82) is 0 Å². The molecule has 0 aromatic carbocycles. The van der Waals surface area contributed by atoms with Crippen LogP contribution < -0.4 is 0 Å². The van der Waals surface area contributed by atoms with Crippen molar-refractivity contribution in [2.45, 2.75) is 52.5 Å². The van der Waals surface area contributed by atoms with E-state index < -0.39 is 0 Å². The fraction of sp³-hybridized carbons (Fsp3) is 0.667. The van der Waals surface area contributed by atoms with Crippen LogP contribution in [0.2, 0.25) is 0 Å². The van der Waals surface area contributed by atoms with Gasteiger partial charge in [-0.3, -0.25) is 14.6 Å². The molecule has 0 saturated carbocycles. The van der Waals surface area contributed by atoms with Gasteiger partial charge >= 0.3 is 0 Å². The Morgan fingerprint density at radius 1 is 1.33 bits per heavy atom. The average Bonchev–Trinajstić information content (AvgIpc) is 2.62. The maximum absolute atomic E-state index is 12.7. The van der Waals surface area contributed by atoms with Crippen molar-refractivity contribution < 1.29 is 9.59 Å². The molecular weight excluding hydrogens is 304 g/mol. The Bertz CT molecular complexity index is 541. The molecular formula is C18H28N4O2. The van der Waals surface area contributed by atoms with Crippen LogP contribution in [-0.2, 0) is 4.79 Å². The predicted octanol–water partition coefficient (Wildman–Crippen LogP) is 2.37. The molecule has 0 unspecified atom stereocenters. The first kappa shape index (κ1) is 18.4. The minimum atomic E-state index is -0.155. The molecule has 132 valence electrons. The van der Waals surface area contributed by atoms with E-state index in [0.717, 1.165) is 32.4 Å². The van der Waals surface area contributed by atoms with Crippen LogP contribution in [0.15, 0.2) is 18.6 Å². The summed E-state index contributed by atoms with van der Waals surface area (Å²) in [5.41, 5.74) is 0.331. The molecule has 1 aromatic heterocycles. The van der Waals surface area contributed by atoms with Gasteiger partial charge in [-0.1, -0.05) is 13.8 Å². The lowest BCUT2D eigenvalue weighted by atomic mass is 9.99. The fourth-order valence-electron chi connectivity index (χ4n) is 2.93. The van der Waals surface area contributed by atoms with Crippen molar-refractivity contribution in [1.82, 2.24) is 19.8 Å². The number of likely N-dealkylation sites (tertiary alicyclic amines) is 1. The smallest absolute Gasteiger partial charge is 0.274 e. The van der Waals surface area contributed by atoms with E-state index in [1.807, 2.05) is 18.7 Å². The van der Waals surface area contributed by atoms with Crippen molar-refractivity contribution in [3.63, 3.8) is 0 Å². The van der Waals surface area contributed by atoms with Crippen molar-refractivity contribution in [3.05, 3.63) is 24.3 Å². The monoisotopic (exact) mass is 332 g/mol. The Kier molecular flexibility index (Phi) is 6.70. The Balaban J connectivity index is 1.96. The number of carbonyl (C=O) groups is 2. The molecule has 0 aliphatic carbocycles. The molecule has 1 aromatic rings. The summed E-state index contributed by atoms with van der Waals surface area (Å²) in [7, 11) is 0. The van der Waals surface area contributed by atoms with Crippen molar-refractivity contribution in [2.24, 2.45) is 5.92 Å². The van der Waals surface area contributed by atoms with Crippen LogP contribution in [0, 0.1) is 5.92 Å². The van der Waals surface area contributed by atoms with Crippen LogP contribution in [0.1, 0.15) is 56.9 Å². The first-order valence-corrected chi connectivity index (χ1v) is 8.87. The second-order valence-corrected chi connectivity index (χ2v) is 6.66. The minimum absolute atomic E-state index is 0.0636. The summed E-state index contributed by atoms with van der Waals surface area (Å²) in [5.74, 6) is 0.684. The summed E-state index contributed by atoms with van der Waals surface area (Å²) in [5, 5.41) is 0. The molecule has 2 rings (SSSR count). The normalized spacial score (nSPS) is 16.7. The van der Waals surface area contributed by atoms with Crippen molar-refractivity contribution in [2.75, 3.05) is 19.6 Å². The third kappa shape index (κ3) is 4.76. The summed E-state index contributed by atoms with van der Waals surface area (Å²) < 4.78 is 0. The quantitative estimate of drug-likeness (QED) is 0.802. The van der Waals surface area contributed by atoms with E-state index in [1.165, 1.54) is 12.4 Å². The number of rotatable bonds is 6. The number of nitrogens with zero attached hydrogens (tertiary/aromatic N) is 4. The van der Waals surface area contributed by atoms with E-state index in [2.05, 4.69) is 16.9 Å². The van der Waals surface area contributed by atoms with E-state index in [0.29, 0.717) is 24.6 Å². The average molecular weight is 332 g/mol. The predicted molar refractivity (Wildman–Crippen MR) is 92.4 cm³/mol. The third-order valence-electron chi connectivity index (χ3n) is 4.87.